The first-order chi connectivity index (χ1) is 9.81. The number of hydrogen-bond donors (Lipinski definition) is 1. The molecule has 1 N–H and O–H groups in total. The maximum Gasteiger partial charge on any atom is 0.119 e. The van der Waals surface area contributed by atoms with Gasteiger partial charge in [-0.1, -0.05) is 54.9 Å². The van der Waals surface area contributed by atoms with E-state index < -0.39 is 0 Å². The maximum atomic E-state index is 6.27. The third-order valence-electron chi connectivity index (χ3n) is 3.15. The Bertz CT molecular complexity index is 515. The van der Waals surface area contributed by atoms with Crippen molar-refractivity contribution in [3.8, 4) is 5.75 Å². The summed E-state index contributed by atoms with van der Waals surface area (Å²) in [4.78, 5) is 0. The topological polar surface area (TPSA) is 21.3 Å². The Hall–Kier alpha value is -1.51. The van der Waals surface area contributed by atoms with E-state index >= 15 is 0 Å². The molecular weight excluding hydrogens is 270 g/mol. The molecule has 0 fully saturated rings. The van der Waals surface area contributed by atoms with Crippen LogP contribution in [0.3, 0.4) is 0 Å². The van der Waals surface area contributed by atoms with Crippen LogP contribution in [-0.4, -0.2) is 13.2 Å². The van der Waals surface area contributed by atoms with E-state index in [-0.39, 0.29) is 6.04 Å². The summed E-state index contributed by atoms with van der Waals surface area (Å²) in [5.41, 5.74) is 1.13. The minimum absolute atomic E-state index is 0.220. The van der Waals surface area contributed by atoms with Crippen molar-refractivity contribution in [3.63, 3.8) is 0 Å². The minimum atomic E-state index is 0.220. The zero-order valence-corrected chi connectivity index (χ0v) is 12.4. The fourth-order valence-corrected chi connectivity index (χ4v) is 2.45. The van der Waals surface area contributed by atoms with Crippen molar-refractivity contribution in [1.82, 2.24) is 5.32 Å². The van der Waals surface area contributed by atoms with Crippen LogP contribution in [0, 0.1) is 0 Å². The summed E-state index contributed by atoms with van der Waals surface area (Å²) >= 11 is 6.27. The van der Waals surface area contributed by atoms with Gasteiger partial charge >= 0.3 is 0 Å². The number of rotatable bonds is 7. The van der Waals surface area contributed by atoms with Crippen LogP contribution in [0.4, 0.5) is 0 Å². The van der Waals surface area contributed by atoms with Gasteiger partial charge < -0.3 is 10.1 Å². The third kappa shape index (κ3) is 4.26. The van der Waals surface area contributed by atoms with Crippen molar-refractivity contribution in [2.75, 3.05) is 13.2 Å². The van der Waals surface area contributed by atoms with Gasteiger partial charge in [-0.05, 0) is 30.3 Å². The number of hydrogen-bond acceptors (Lipinski definition) is 2. The molecule has 0 heterocycles. The van der Waals surface area contributed by atoms with Crippen LogP contribution in [0.5, 0.6) is 5.75 Å². The first-order valence-corrected chi connectivity index (χ1v) is 7.34. The molecule has 3 heteroatoms. The van der Waals surface area contributed by atoms with Gasteiger partial charge in [0.05, 0.1) is 6.61 Å². The van der Waals surface area contributed by atoms with E-state index in [0.29, 0.717) is 6.61 Å². The molecule has 0 bridgehead atoms. The Balaban J connectivity index is 1.95. The molecule has 0 aliphatic heterocycles. The third-order valence-corrected chi connectivity index (χ3v) is 3.49. The first kappa shape index (κ1) is 14.9. The highest BCUT2D eigenvalue weighted by Gasteiger charge is 2.13. The average Bonchev–Trinajstić information content (AvgIpc) is 2.48. The van der Waals surface area contributed by atoms with E-state index in [0.717, 1.165) is 29.3 Å². The van der Waals surface area contributed by atoms with Gasteiger partial charge in [0.2, 0.25) is 0 Å². The van der Waals surface area contributed by atoms with Gasteiger partial charge in [-0.3, -0.25) is 0 Å². The van der Waals surface area contributed by atoms with Crippen molar-refractivity contribution in [2.45, 2.75) is 19.4 Å². The van der Waals surface area contributed by atoms with Crippen LogP contribution in [0.2, 0.25) is 5.02 Å². The van der Waals surface area contributed by atoms with Gasteiger partial charge in [-0.15, -0.1) is 0 Å². The molecule has 0 aromatic heterocycles. The molecule has 0 radical (unpaired) electrons. The summed E-state index contributed by atoms with van der Waals surface area (Å²) in [5, 5.41) is 4.27. The van der Waals surface area contributed by atoms with E-state index in [9.17, 15) is 0 Å². The number of ether oxygens (including phenoxy) is 1. The van der Waals surface area contributed by atoms with E-state index in [4.69, 9.17) is 16.3 Å². The van der Waals surface area contributed by atoms with Gasteiger partial charge in [0, 0.05) is 17.5 Å². The minimum Gasteiger partial charge on any atom is -0.494 e. The summed E-state index contributed by atoms with van der Waals surface area (Å²) in [6, 6.07) is 18.1. The molecule has 20 heavy (non-hydrogen) atoms. The summed E-state index contributed by atoms with van der Waals surface area (Å²) in [5.74, 6) is 0.905. The highest BCUT2D eigenvalue weighted by Crippen LogP contribution is 2.25. The van der Waals surface area contributed by atoms with E-state index in [1.54, 1.807) is 0 Å². The molecule has 0 aliphatic rings. The molecular formula is C17H20ClNO. The largest absolute Gasteiger partial charge is 0.494 e. The molecule has 1 unspecified atom stereocenters. The second-order valence-electron chi connectivity index (χ2n) is 4.58. The highest BCUT2D eigenvalue weighted by atomic mass is 35.5. The van der Waals surface area contributed by atoms with Crippen LogP contribution in [0.15, 0.2) is 54.6 Å². The van der Waals surface area contributed by atoms with Crippen LogP contribution >= 0.6 is 11.6 Å². The molecule has 2 nitrogen and oxygen atoms in total. The lowest BCUT2D eigenvalue weighted by molar-refractivity contribution is 0.287. The Labute approximate surface area is 125 Å². The van der Waals surface area contributed by atoms with Gasteiger partial charge in [-0.25, -0.2) is 0 Å². The highest BCUT2D eigenvalue weighted by molar-refractivity contribution is 6.31. The second-order valence-corrected chi connectivity index (χ2v) is 4.99. The van der Waals surface area contributed by atoms with Gasteiger partial charge in [0.1, 0.15) is 5.75 Å². The monoisotopic (exact) mass is 289 g/mol. The summed E-state index contributed by atoms with van der Waals surface area (Å²) in [7, 11) is 0. The van der Waals surface area contributed by atoms with Crippen LogP contribution < -0.4 is 10.1 Å². The molecule has 106 valence electrons. The molecule has 2 aromatic rings. The molecule has 0 aliphatic carbocycles. The van der Waals surface area contributed by atoms with Crippen molar-refractivity contribution < 1.29 is 4.74 Å². The molecule has 1 atom stereocenters. The Morgan fingerprint density at radius 1 is 1.05 bits per heavy atom. The smallest absolute Gasteiger partial charge is 0.119 e. The zero-order valence-electron chi connectivity index (χ0n) is 11.7. The Morgan fingerprint density at radius 2 is 1.75 bits per heavy atom. The fourth-order valence-electron chi connectivity index (χ4n) is 2.18. The van der Waals surface area contributed by atoms with Crippen molar-refractivity contribution >= 4 is 11.6 Å². The second kappa shape index (κ2) is 7.93. The lowest BCUT2D eigenvalue weighted by atomic mass is 10.0. The maximum absolute atomic E-state index is 6.27. The summed E-state index contributed by atoms with van der Waals surface area (Å²) in [6.45, 7) is 3.66. The average molecular weight is 290 g/mol. The molecule has 2 aromatic carbocycles. The lowest BCUT2D eigenvalue weighted by Gasteiger charge is -2.19. The van der Waals surface area contributed by atoms with E-state index in [2.05, 4.69) is 18.3 Å². The SMILES string of the molecule is CCNC(CCOc1ccccc1)c1ccccc1Cl. The first-order valence-electron chi connectivity index (χ1n) is 6.97. The summed E-state index contributed by atoms with van der Waals surface area (Å²) in [6.07, 6.45) is 0.881. The lowest BCUT2D eigenvalue weighted by Crippen LogP contribution is -2.23. The number of benzene rings is 2. The normalized spacial score (nSPS) is 12.1. The number of nitrogens with one attached hydrogen (secondary N) is 1. The Kier molecular flexibility index (Phi) is 5.90. The molecule has 0 amide bonds. The predicted octanol–water partition coefficient (Wildman–Crippen LogP) is 4.46. The summed E-state index contributed by atoms with van der Waals surface area (Å²) < 4.78 is 5.76. The van der Waals surface area contributed by atoms with Crippen LogP contribution in [0.1, 0.15) is 24.9 Å². The molecule has 0 spiro atoms. The Morgan fingerprint density at radius 3 is 2.45 bits per heavy atom. The van der Waals surface area contributed by atoms with Crippen molar-refractivity contribution in [2.24, 2.45) is 0 Å². The predicted molar refractivity (Wildman–Crippen MR) is 84.4 cm³/mol. The standard InChI is InChI=1S/C17H20ClNO/c1-2-19-17(15-10-6-7-11-16(15)18)12-13-20-14-8-4-3-5-9-14/h3-11,17,19H,2,12-13H2,1H3. The van der Waals surface area contributed by atoms with Crippen molar-refractivity contribution in [3.05, 3.63) is 65.2 Å². The van der Waals surface area contributed by atoms with Crippen LogP contribution in [-0.2, 0) is 0 Å². The van der Waals surface area contributed by atoms with Gasteiger partial charge in [0.25, 0.3) is 0 Å². The molecule has 0 saturated carbocycles. The fraction of sp³-hybridized carbons (Fsp3) is 0.294. The van der Waals surface area contributed by atoms with Gasteiger partial charge in [-0.2, -0.15) is 0 Å². The molecule has 2 rings (SSSR count). The number of para-hydroxylation sites is 1. The van der Waals surface area contributed by atoms with Gasteiger partial charge in [0.15, 0.2) is 0 Å². The van der Waals surface area contributed by atoms with E-state index in [1.165, 1.54) is 0 Å². The quantitative estimate of drug-likeness (QED) is 0.812. The zero-order chi connectivity index (χ0) is 14.2. The van der Waals surface area contributed by atoms with Crippen LogP contribution in [0.25, 0.3) is 0 Å². The molecule has 0 saturated heterocycles. The van der Waals surface area contributed by atoms with E-state index in [1.807, 2.05) is 48.5 Å². The number of halogens is 1. The van der Waals surface area contributed by atoms with Crippen molar-refractivity contribution in [1.29, 1.82) is 0 Å².